The number of nitrogens with zero attached hydrogens (tertiary/aromatic N) is 1. The van der Waals surface area contributed by atoms with Crippen molar-refractivity contribution in [3.63, 3.8) is 0 Å². The molecule has 1 rings (SSSR count). The molecule has 0 aliphatic carbocycles. The molecule has 1 atom stereocenters. The van der Waals surface area contributed by atoms with E-state index in [9.17, 15) is 4.79 Å². The van der Waals surface area contributed by atoms with E-state index in [1.54, 1.807) is 24.9 Å². The largest absolute Gasteiger partial charge is 0.480 e. The Kier molecular flexibility index (Phi) is 3.58. The summed E-state index contributed by atoms with van der Waals surface area (Å²) in [4.78, 5) is 12.5. The SMILES string of the molecule is Cc1cc(Cl)ccc1N(C)[C@H](C)C(=O)O. The maximum atomic E-state index is 10.8. The first-order chi connectivity index (χ1) is 6.93. The Labute approximate surface area is 94.3 Å². The fourth-order valence-corrected chi connectivity index (χ4v) is 1.62. The van der Waals surface area contributed by atoms with E-state index in [0.29, 0.717) is 5.02 Å². The van der Waals surface area contributed by atoms with Gasteiger partial charge < -0.3 is 10.0 Å². The van der Waals surface area contributed by atoms with Gasteiger partial charge in [0.25, 0.3) is 0 Å². The Morgan fingerprint density at radius 2 is 2.13 bits per heavy atom. The molecule has 0 unspecified atom stereocenters. The number of aryl methyl sites for hydroxylation is 1. The fraction of sp³-hybridized carbons (Fsp3) is 0.364. The van der Waals surface area contributed by atoms with Crippen LogP contribution in [0.25, 0.3) is 0 Å². The number of carboxylic acids is 1. The lowest BCUT2D eigenvalue weighted by atomic mass is 10.1. The number of carboxylic acid groups (broad SMARTS) is 1. The van der Waals surface area contributed by atoms with E-state index in [1.807, 2.05) is 19.1 Å². The van der Waals surface area contributed by atoms with E-state index in [1.165, 1.54) is 0 Å². The second-order valence-corrected chi connectivity index (χ2v) is 3.99. The maximum absolute atomic E-state index is 10.8. The zero-order chi connectivity index (χ0) is 11.6. The predicted octanol–water partition coefficient (Wildman–Crippen LogP) is 2.56. The molecule has 0 aromatic heterocycles. The molecule has 0 aliphatic heterocycles. The molecule has 0 aliphatic rings. The Morgan fingerprint density at radius 1 is 1.53 bits per heavy atom. The zero-order valence-electron chi connectivity index (χ0n) is 8.99. The van der Waals surface area contributed by atoms with E-state index >= 15 is 0 Å². The molecule has 0 saturated carbocycles. The predicted molar refractivity (Wildman–Crippen MR) is 61.7 cm³/mol. The molecule has 1 aromatic carbocycles. The normalized spacial score (nSPS) is 12.3. The van der Waals surface area contributed by atoms with Crippen molar-refractivity contribution in [1.82, 2.24) is 0 Å². The van der Waals surface area contributed by atoms with E-state index < -0.39 is 12.0 Å². The summed E-state index contributed by atoms with van der Waals surface area (Å²) >= 11 is 5.83. The lowest BCUT2D eigenvalue weighted by Crippen LogP contribution is -2.36. The van der Waals surface area contributed by atoms with Gasteiger partial charge in [0.05, 0.1) is 0 Å². The van der Waals surface area contributed by atoms with Crippen LogP contribution in [-0.2, 0) is 4.79 Å². The molecular weight excluding hydrogens is 214 g/mol. The Bertz CT molecular complexity index is 379. The standard InChI is InChI=1S/C11H14ClNO2/c1-7-6-9(12)4-5-10(7)13(3)8(2)11(14)15/h4-6,8H,1-3H3,(H,14,15)/t8-/m1/s1. The Morgan fingerprint density at radius 3 is 2.60 bits per heavy atom. The van der Waals surface area contributed by atoms with Gasteiger partial charge in [-0.3, -0.25) is 0 Å². The van der Waals surface area contributed by atoms with Crippen LogP contribution < -0.4 is 4.90 Å². The lowest BCUT2D eigenvalue weighted by Gasteiger charge is -2.25. The van der Waals surface area contributed by atoms with Gasteiger partial charge in [-0.15, -0.1) is 0 Å². The summed E-state index contributed by atoms with van der Waals surface area (Å²) in [6.07, 6.45) is 0. The third-order valence-corrected chi connectivity index (χ3v) is 2.71. The molecule has 15 heavy (non-hydrogen) atoms. The summed E-state index contributed by atoms with van der Waals surface area (Å²) in [7, 11) is 1.76. The minimum Gasteiger partial charge on any atom is -0.480 e. The van der Waals surface area contributed by atoms with Gasteiger partial charge >= 0.3 is 5.97 Å². The quantitative estimate of drug-likeness (QED) is 0.863. The molecule has 4 heteroatoms. The molecule has 0 fully saturated rings. The third kappa shape index (κ3) is 2.63. The average molecular weight is 228 g/mol. The first-order valence-corrected chi connectivity index (χ1v) is 5.03. The highest BCUT2D eigenvalue weighted by atomic mass is 35.5. The van der Waals surface area contributed by atoms with Crippen molar-refractivity contribution in [3.8, 4) is 0 Å². The zero-order valence-corrected chi connectivity index (χ0v) is 9.75. The van der Waals surface area contributed by atoms with Crippen molar-refractivity contribution in [2.45, 2.75) is 19.9 Å². The van der Waals surface area contributed by atoms with Gasteiger partial charge in [-0.2, -0.15) is 0 Å². The molecule has 1 N–H and O–H groups in total. The first kappa shape index (κ1) is 11.9. The molecule has 0 saturated heterocycles. The topological polar surface area (TPSA) is 40.5 Å². The molecule has 3 nitrogen and oxygen atoms in total. The highest BCUT2D eigenvalue weighted by Gasteiger charge is 2.18. The molecule has 0 bridgehead atoms. The van der Waals surface area contributed by atoms with Crippen molar-refractivity contribution in [2.24, 2.45) is 0 Å². The first-order valence-electron chi connectivity index (χ1n) is 4.65. The van der Waals surface area contributed by atoms with Crippen molar-refractivity contribution in [3.05, 3.63) is 28.8 Å². The van der Waals surface area contributed by atoms with Gasteiger partial charge in [0, 0.05) is 17.8 Å². The number of rotatable bonds is 3. The van der Waals surface area contributed by atoms with Crippen molar-refractivity contribution < 1.29 is 9.90 Å². The van der Waals surface area contributed by atoms with Gasteiger partial charge in [-0.05, 0) is 37.6 Å². The molecule has 82 valence electrons. The fourth-order valence-electron chi connectivity index (χ4n) is 1.39. The van der Waals surface area contributed by atoms with E-state index in [0.717, 1.165) is 11.3 Å². The number of carbonyl (C=O) groups is 1. The van der Waals surface area contributed by atoms with Gasteiger partial charge in [0.2, 0.25) is 0 Å². The van der Waals surface area contributed by atoms with Crippen molar-refractivity contribution in [2.75, 3.05) is 11.9 Å². The van der Waals surface area contributed by atoms with Crippen LogP contribution in [0.2, 0.25) is 5.02 Å². The number of anilines is 1. The molecule has 1 aromatic rings. The summed E-state index contributed by atoms with van der Waals surface area (Å²) in [6, 6.07) is 4.86. The highest BCUT2D eigenvalue weighted by Crippen LogP contribution is 2.23. The maximum Gasteiger partial charge on any atom is 0.326 e. The molecule has 0 heterocycles. The summed E-state index contributed by atoms with van der Waals surface area (Å²) in [5, 5.41) is 9.55. The smallest absolute Gasteiger partial charge is 0.326 e. The summed E-state index contributed by atoms with van der Waals surface area (Å²) in [5.41, 5.74) is 1.85. The minimum absolute atomic E-state index is 0.551. The second-order valence-electron chi connectivity index (χ2n) is 3.56. The van der Waals surface area contributed by atoms with Crippen LogP contribution in [0, 0.1) is 6.92 Å². The monoisotopic (exact) mass is 227 g/mol. The third-order valence-electron chi connectivity index (χ3n) is 2.48. The van der Waals surface area contributed by atoms with Gasteiger partial charge in [0.1, 0.15) is 6.04 Å². The van der Waals surface area contributed by atoms with Gasteiger partial charge in [-0.25, -0.2) is 4.79 Å². The van der Waals surface area contributed by atoms with Crippen molar-refractivity contribution in [1.29, 1.82) is 0 Å². The summed E-state index contributed by atoms with van der Waals surface area (Å²) < 4.78 is 0. The minimum atomic E-state index is -0.841. The lowest BCUT2D eigenvalue weighted by molar-refractivity contribution is -0.138. The van der Waals surface area contributed by atoms with Crippen LogP contribution in [0.5, 0.6) is 0 Å². The Hall–Kier alpha value is -1.22. The van der Waals surface area contributed by atoms with Gasteiger partial charge in [-0.1, -0.05) is 11.6 Å². The number of likely N-dealkylation sites (N-methyl/N-ethyl adjacent to an activating group) is 1. The summed E-state index contributed by atoms with van der Waals surface area (Å²) in [6.45, 7) is 3.56. The second kappa shape index (κ2) is 4.53. The molecule has 0 spiro atoms. The number of halogens is 1. The van der Waals surface area contributed by atoms with E-state index in [-0.39, 0.29) is 0 Å². The van der Waals surface area contributed by atoms with Crippen LogP contribution >= 0.6 is 11.6 Å². The van der Waals surface area contributed by atoms with Crippen LogP contribution in [0.4, 0.5) is 5.69 Å². The number of hydrogen-bond donors (Lipinski definition) is 1. The van der Waals surface area contributed by atoms with Gasteiger partial charge in [0.15, 0.2) is 0 Å². The van der Waals surface area contributed by atoms with Crippen LogP contribution in [0.1, 0.15) is 12.5 Å². The average Bonchev–Trinajstić information content (AvgIpc) is 2.15. The van der Waals surface area contributed by atoms with Crippen molar-refractivity contribution >= 4 is 23.3 Å². The highest BCUT2D eigenvalue weighted by molar-refractivity contribution is 6.30. The number of benzene rings is 1. The Balaban J connectivity index is 3.01. The van der Waals surface area contributed by atoms with E-state index in [4.69, 9.17) is 16.7 Å². The molecule has 0 radical (unpaired) electrons. The van der Waals surface area contributed by atoms with Crippen LogP contribution in [-0.4, -0.2) is 24.2 Å². The molecular formula is C11H14ClNO2. The summed E-state index contributed by atoms with van der Waals surface area (Å²) in [5.74, 6) is -0.841. The van der Waals surface area contributed by atoms with Crippen LogP contribution in [0.3, 0.4) is 0 Å². The van der Waals surface area contributed by atoms with Crippen LogP contribution in [0.15, 0.2) is 18.2 Å². The van der Waals surface area contributed by atoms with E-state index in [2.05, 4.69) is 0 Å². The molecule has 0 amide bonds. The number of hydrogen-bond acceptors (Lipinski definition) is 2. The number of aliphatic carboxylic acids is 1.